The van der Waals surface area contributed by atoms with E-state index < -0.39 is 10.0 Å². The van der Waals surface area contributed by atoms with E-state index in [4.69, 9.17) is 0 Å². The number of amides is 1. The van der Waals surface area contributed by atoms with Crippen molar-refractivity contribution in [2.75, 3.05) is 32.4 Å². The van der Waals surface area contributed by atoms with E-state index in [-0.39, 0.29) is 11.9 Å². The molecule has 1 aliphatic rings. The smallest absolute Gasteiger partial charge is 0.237 e. The zero-order valence-electron chi connectivity index (χ0n) is 11.1. The van der Waals surface area contributed by atoms with Crippen LogP contribution in [0.2, 0.25) is 0 Å². The van der Waals surface area contributed by atoms with Crippen molar-refractivity contribution in [1.82, 2.24) is 14.9 Å². The lowest BCUT2D eigenvalue weighted by Crippen LogP contribution is -2.41. The van der Waals surface area contributed by atoms with Crippen LogP contribution in [-0.4, -0.2) is 57.1 Å². The summed E-state index contributed by atoms with van der Waals surface area (Å²) >= 11 is 0. The SMILES string of the molecule is CCN(CCCNC(=O)C1CCCN1)S(C)(=O)=O. The average Bonchev–Trinajstić information content (AvgIpc) is 2.80. The summed E-state index contributed by atoms with van der Waals surface area (Å²) in [7, 11) is -3.12. The monoisotopic (exact) mass is 277 g/mol. The van der Waals surface area contributed by atoms with Crippen molar-refractivity contribution < 1.29 is 13.2 Å². The summed E-state index contributed by atoms with van der Waals surface area (Å²) in [6.07, 6.45) is 3.77. The predicted octanol–water partition coefficient (Wildman–Crippen LogP) is -0.474. The molecule has 0 aromatic rings. The maximum absolute atomic E-state index is 11.7. The van der Waals surface area contributed by atoms with E-state index in [1.807, 2.05) is 6.92 Å². The fraction of sp³-hybridized carbons (Fsp3) is 0.909. The molecule has 1 atom stereocenters. The van der Waals surface area contributed by atoms with Gasteiger partial charge in [-0.1, -0.05) is 6.92 Å². The minimum atomic E-state index is -3.12. The Morgan fingerprint density at radius 1 is 1.50 bits per heavy atom. The van der Waals surface area contributed by atoms with Crippen LogP contribution >= 0.6 is 0 Å². The molecule has 0 aliphatic carbocycles. The first kappa shape index (κ1) is 15.4. The lowest BCUT2D eigenvalue weighted by molar-refractivity contribution is -0.122. The highest BCUT2D eigenvalue weighted by Crippen LogP contribution is 2.04. The van der Waals surface area contributed by atoms with Crippen LogP contribution in [0.25, 0.3) is 0 Å². The Morgan fingerprint density at radius 3 is 2.72 bits per heavy atom. The minimum Gasteiger partial charge on any atom is -0.355 e. The van der Waals surface area contributed by atoms with Gasteiger partial charge < -0.3 is 10.6 Å². The predicted molar refractivity (Wildman–Crippen MR) is 70.7 cm³/mol. The number of carbonyl (C=O) groups excluding carboxylic acids is 1. The summed E-state index contributed by atoms with van der Waals surface area (Å²) < 4.78 is 24.1. The van der Waals surface area contributed by atoms with Crippen molar-refractivity contribution in [2.45, 2.75) is 32.2 Å². The highest BCUT2D eigenvalue weighted by molar-refractivity contribution is 7.88. The van der Waals surface area contributed by atoms with Gasteiger partial charge >= 0.3 is 0 Å². The second-order valence-corrected chi connectivity index (χ2v) is 6.53. The van der Waals surface area contributed by atoms with Crippen LogP contribution in [0, 0.1) is 0 Å². The third-order valence-corrected chi connectivity index (χ3v) is 4.46. The standard InChI is InChI=1S/C11H23N3O3S/c1-3-14(18(2,16)17)9-5-8-13-11(15)10-6-4-7-12-10/h10,12H,3-9H2,1-2H3,(H,13,15). The molecule has 7 heteroatoms. The number of rotatable bonds is 7. The van der Waals surface area contributed by atoms with Crippen molar-refractivity contribution in [1.29, 1.82) is 0 Å². The van der Waals surface area contributed by atoms with Crippen LogP contribution in [0.3, 0.4) is 0 Å². The highest BCUT2D eigenvalue weighted by atomic mass is 32.2. The first-order valence-electron chi connectivity index (χ1n) is 6.41. The molecule has 0 saturated carbocycles. The third-order valence-electron chi connectivity index (χ3n) is 3.08. The molecule has 1 aliphatic heterocycles. The summed E-state index contributed by atoms with van der Waals surface area (Å²) in [6.45, 7) is 4.14. The number of hydrogen-bond donors (Lipinski definition) is 2. The molecule has 6 nitrogen and oxygen atoms in total. The maximum atomic E-state index is 11.7. The van der Waals surface area contributed by atoms with Gasteiger partial charge in [0.2, 0.25) is 15.9 Å². The summed E-state index contributed by atoms with van der Waals surface area (Å²) in [6, 6.07) is -0.0674. The Bertz CT molecular complexity index is 364. The molecule has 0 bridgehead atoms. The summed E-state index contributed by atoms with van der Waals surface area (Å²) in [5, 5.41) is 5.96. The molecular weight excluding hydrogens is 254 g/mol. The van der Waals surface area contributed by atoms with Gasteiger partial charge in [-0.2, -0.15) is 0 Å². The van der Waals surface area contributed by atoms with Gasteiger partial charge in [0, 0.05) is 19.6 Å². The largest absolute Gasteiger partial charge is 0.355 e. The second-order valence-electron chi connectivity index (χ2n) is 4.55. The lowest BCUT2D eigenvalue weighted by Gasteiger charge is -2.18. The molecule has 0 aromatic heterocycles. The number of carbonyl (C=O) groups is 1. The van der Waals surface area contributed by atoms with Crippen molar-refractivity contribution in [3.05, 3.63) is 0 Å². The lowest BCUT2D eigenvalue weighted by atomic mass is 10.2. The van der Waals surface area contributed by atoms with Gasteiger partial charge in [-0.25, -0.2) is 12.7 Å². The number of sulfonamides is 1. The van der Waals surface area contributed by atoms with Crippen molar-refractivity contribution in [2.24, 2.45) is 0 Å². The summed E-state index contributed by atoms with van der Waals surface area (Å²) in [5.41, 5.74) is 0. The van der Waals surface area contributed by atoms with Gasteiger partial charge in [0.15, 0.2) is 0 Å². The molecule has 1 fully saturated rings. The quantitative estimate of drug-likeness (QED) is 0.617. The zero-order valence-corrected chi connectivity index (χ0v) is 11.9. The molecule has 1 unspecified atom stereocenters. The zero-order chi connectivity index (χ0) is 13.6. The molecule has 1 heterocycles. The number of hydrogen-bond acceptors (Lipinski definition) is 4. The van der Waals surface area contributed by atoms with E-state index in [2.05, 4.69) is 10.6 Å². The second kappa shape index (κ2) is 7.06. The fourth-order valence-electron chi connectivity index (χ4n) is 2.06. The van der Waals surface area contributed by atoms with Gasteiger partial charge in [-0.15, -0.1) is 0 Å². The molecule has 106 valence electrons. The molecule has 18 heavy (non-hydrogen) atoms. The normalized spacial score (nSPS) is 20.3. The Morgan fingerprint density at radius 2 is 2.22 bits per heavy atom. The molecule has 1 amide bonds. The third kappa shape index (κ3) is 4.91. The summed E-state index contributed by atoms with van der Waals surface area (Å²) in [4.78, 5) is 11.7. The fourth-order valence-corrected chi connectivity index (χ4v) is 2.99. The minimum absolute atomic E-state index is 0.0231. The van der Waals surface area contributed by atoms with Crippen molar-refractivity contribution in [3.8, 4) is 0 Å². The molecule has 0 spiro atoms. The molecule has 1 rings (SSSR count). The first-order valence-corrected chi connectivity index (χ1v) is 8.26. The van der Waals surface area contributed by atoms with E-state index in [1.54, 1.807) is 0 Å². The van der Waals surface area contributed by atoms with Crippen LogP contribution in [-0.2, 0) is 14.8 Å². The van der Waals surface area contributed by atoms with Gasteiger partial charge in [-0.05, 0) is 25.8 Å². The Hall–Kier alpha value is -0.660. The van der Waals surface area contributed by atoms with Crippen LogP contribution in [0.15, 0.2) is 0 Å². The van der Waals surface area contributed by atoms with Gasteiger partial charge in [-0.3, -0.25) is 4.79 Å². The van der Waals surface area contributed by atoms with Crippen molar-refractivity contribution in [3.63, 3.8) is 0 Å². The van der Waals surface area contributed by atoms with Gasteiger partial charge in [0.05, 0.1) is 12.3 Å². The highest BCUT2D eigenvalue weighted by Gasteiger charge is 2.21. The molecule has 1 saturated heterocycles. The van der Waals surface area contributed by atoms with Crippen LogP contribution in [0.5, 0.6) is 0 Å². The Kier molecular flexibility index (Phi) is 6.04. The van der Waals surface area contributed by atoms with E-state index in [0.717, 1.165) is 19.4 Å². The Labute approximate surface area is 109 Å². The first-order chi connectivity index (χ1) is 8.45. The van der Waals surface area contributed by atoms with Crippen LogP contribution in [0.1, 0.15) is 26.2 Å². The van der Waals surface area contributed by atoms with E-state index in [9.17, 15) is 13.2 Å². The molecule has 0 radical (unpaired) electrons. The average molecular weight is 277 g/mol. The number of nitrogens with zero attached hydrogens (tertiary/aromatic N) is 1. The maximum Gasteiger partial charge on any atom is 0.237 e. The van der Waals surface area contributed by atoms with Crippen LogP contribution in [0.4, 0.5) is 0 Å². The van der Waals surface area contributed by atoms with Gasteiger partial charge in [0.25, 0.3) is 0 Å². The van der Waals surface area contributed by atoms with Gasteiger partial charge in [0.1, 0.15) is 0 Å². The summed E-state index contributed by atoms with van der Waals surface area (Å²) in [5.74, 6) is 0.0231. The van der Waals surface area contributed by atoms with E-state index in [1.165, 1.54) is 10.6 Å². The van der Waals surface area contributed by atoms with E-state index >= 15 is 0 Å². The molecular formula is C11H23N3O3S. The Balaban J connectivity index is 2.19. The van der Waals surface area contributed by atoms with Crippen molar-refractivity contribution >= 4 is 15.9 Å². The molecule has 2 N–H and O–H groups in total. The van der Waals surface area contributed by atoms with Crippen LogP contribution < -0.4 is 10.6 Å². The number of nitrogens with one attached hydrogen (secondary N) is 2. The topological polar surface area (TPSA) is 78.5 Å². The molecule has 0 aromatic carbocycles. The van der Waals surface area contributed by atoms with E-state index in [0.29, 0.717) is 26.1 Å².